The quantitative estimate of drug-likeness (QED) is 0.508. The number of benzene rings is 1. The molecule has 0 unspecified atom stereocenters. The number of piperidine rings is 1. The van der Waals surface area contributed by atoms with Crippen molar-refractivity contribution in [3.05, 3.63) is 77.6 Å². The second-order valence-corrected chi connectivity index (χ2v) is 7.80. The Labute approximate surface area is 178 Å². The molecule has 1 aromatic carbocycles. The van der Waals surface area contributed by atoms with Crippen LogP contribution in [0, 0.1) is 11.7 Å². The summed E-state index contributed by atoms with van der Waals surface area (Å²) in [6.07, 6.45) is 8.38. The zero-order valence-electron chi connectivity index (χ0n) is 16.9. The highest BCUT2D eigenvalue weighted by Crippen LogP contribution is 2.28. The van der Waals surface area contributed by atoms with Gasteiger partial charge in [-0.05, 0) is 43.0 Å². The van der Waals surface area contributed by atoms with Crippen LogP contribution in [0.25, 0.3) is 22.2 Å². The van der Waals surface area contributed by atoms with E-state index in [1.807, 2.05) is 12.1 Å². The standard InChI is InChI=1S/C23H21FN6O/c24-18-3-4-19-21(10-18)26-14-27-23(19)29-8-5-16(6-9-29)13-30-15-28-20(11-22(30)31)17-2-1-7-25-12-17/h1-4,7,10-12,14-16H,5-6,8-9,13H2. The van der Waals surface area contributed by atoms with Gasteiger partial charge in [-0.3, -0.25) is 14.3 Å². The molecular formula is C23H21FN6O. The molecule has 1 saturated heterocycles. The SMILES string of the molecule is O=c1cc(-c2cccnc2)ncn1CC1CCN(c2ncnc3cc(F)ccc23)CC1. The third kappa shape index (κ3) is 4.01. The fourth-order valence-corrected chi connectivity index (χ4v) is 4.11. The maximum absolute atomic E-state index is 13.5. The van der Waals surface area contributed by atoms with Gasteiger partial charge in [-0.25, -0.2) is 19.3 Å². The third-order valence-corrected chi connectivity index (χ3v) is 5.78. The molecule has 0 atom stereocenters. The molecule has 0 saturated carbocycles. The first-order chi connectivity index (χ1) is 15.2. The van der Waals surface area contributed by atoms with E-state index in [2.05, 4.69) is 24.8 Å². The molecule has 4 heterocycles. The summed E-state index contributed by atoms with van der Waals surface area (Å²) in [5, 5.41) is 0.855. The second-order valence-electron chi connectivity index (χ2n) is 7.80. The summed E-state index contributed by atoms with van der Waals surface area (Å²) < 4.78 is 15.2. The van der Waals surface area contributed by atoms with Gasteiger partial charge < -0.3 is 4.90 Å². The first-order valence-corrected chi connectivity index (χ1v) is 10.3. The van der Waals surface area contributed by atoms with Crippen LogP contribution in [0.3, 0.4) is 0 Å². The van der Waals surface area contributed by atoms with Crippen LogP contribution in [-0.2, 0) is 6.54 Å². The Hall–Kier alpha value is -3.68. The van der Waals surface area contributed by atoms with Crippen LogP contribution in [0.2, 0.25) is 0 Å². The number of fused-ring (bicyclic) bond motifs is 1. The van der Waals surface area contributed by atoms with Crippen molar-refractivity contribution in [3.8, 4) is 11.3 Å². The zero-order valence-corrected chi connectivity index (χ0v) is 16.9. The lowest BCUT2D eigenvalue weighted by molar-refractivity contribution is 0.350. The highest BCUT2D eigenvalue weighted by atomic mass is 19.1. The Kier molecular flexibility index (Phi) is 5.11. The predicted molar refractivity (Wildman–Crippen MR) is 116 cm³/mol. The Bertz CT molecular complexity index is 1270. The fourth-order valence-electron chi connectivity index (χ4n) is 4.11. The van der Waals surface area contributed by atoms with Gasteiger partial charge in [0.1, 0.15) is 18.0 Å². The van der Waals surface area contributed by atoms with Crippen LogP contribution in [0.4, 0.5) is 10.2 Å². The van der Waals surface area contributed by atoms with Gasteiger partial charge in [0.05, 0.1) is 17.5 Å². The van der Waals surface area contributed by atoms with Gasteiger partial charge in [0, 0.05) is 55.1 Å². The average Bonchev–Trinajstić information content (AvgIpc) is 2.81. The average molecular weight is 416 g/mol. The summed E-state index contributed by atoms with van der Waals surface area (Å²) in [7, 11) is 0. The maximum Gasteiger partial charge on any atom is 0.253 e. The van der Waals surface area contributed by atoms with E-state index in [1.165, 1.54) is 18.5 Å². The molecule has 0 radical (unpaired) electrons. The Morgan fingerprint density at radius 1 is 1.06 bits per heavy atom. The molecule has 0 bridgehead atoms. The van der Waals surface area contributed by atoms with E-state index in [0.717, 1.165) is 42.7 Å². The molecule has 7 nitrogen and oxygen atoms in total. The number of hydrogen-bond donors (Lipinski definition) is 0. The Morgan fingerprint density at radius 3 is 2.71 bits per heavy atom. The van der Waals surface area contributed by atoms with Gasteiger partial charge in [0.25, 0.3) is 5.56 Å². The maximum atomic E-state index is 13.5. The normalized spacial score (nSPS) is 14.8. The van der Waals surface area contributed by atoms with Gasteiger partial charge in [0.15, 0.2) is 0 Å². The van der Waals surface area contributed by atoms with Crippen molar-refractivity contribution in [1.82, 2.24) is 24.5 Å². The van der Waals surface area contributed by atoms with Crippen molar-refractivity contribution < 1.29 is 4.39 Å². The highest BCUT2D eigenvalue weighted by molar-refractivity contribution is 5.89. The van der Waals surface area contributed by atoms with E-state index >= 15 is 0 Å². The van der Waals surface area contributed by atoms with E-state index < -0.39 is 0 Å². The minimum absolute atomic E-state index is 0.0555. The number of anilines is 1. The van der Waals surface area contributed by atoms with Crippen molar-refractivity contribution in [3.63, 3.8) is 0 Å². The zero-order chi connectivity index (χ0) is 21.2. The van der Waals surface area contributed by atoms with Gasteiger partial charge in [0.2, 0.25) is 0 Å². The fraction of sp³-hybridized carbons (Fsp3) is 0.261. The molecule has 0 spiro atoms. The van der Waals surface area contributed by atoms with Crippen LogP contribution < -0.4 is 10.5 Å². The summed E-state index contributed by atoms with van der Waals surface area (Å²) in [6, 6.07) is 9.89. The Morgan fingerprint density at radius 2 is 1.94 bits per heavy atom. The lowest BCUT2D eigenvalue weighted by Crippen LogP contribution is -2.37. The lowest BCUT2D eigenvalue weighted by atomic mass is 9.96. The summed E-state index contributed by atoms with van der Waals surface area (Å²) in [4.78, 5) is 32.0. The highest BCUT2D eigenvalue weighted by Gasteiger charge is 2.22. The number of rotatable bonds is 4. The topological polar surface area (TPSA) is 76.8 Å². The molecule has 3 aromatic heterocycles. The number of pyridine rings is 1. The summed E-state index contributed by atoms with van der Waals surface area (Å²) >= 11 is 0. The molecule has 31 heavy (non-hydrogen) atoms. The number of halogens is 1. The van der Waals surface area contributed by atoms with Crippen LogP contribution >= 0.6 is 0 Å². The molecule has 1 aliphatic heterocycles. The van der Waals surface area contributed by atoms with Crippen LogP contribution in [0.1, 0.15) is 12.8 Å². The molecular weight excluding hydrogens is 395 g/mol. The molecule has 5 rings (SSSR count). The monoisotopic (exact) mass is 416 g/mol. The molecule has 0 N–H and O–H groups in total. The van der Waals surface area contributed by atoms with E-state index in [4.69, 9.17) is 0 Å². The van der Waals surface area contributed by atoms with Crippen molar-refractivity contribution in [2.75, 3.05) is 18.0 Å². The molecule has 0 aliphatic carbocycles. The van der Waals surface area contributed by atoms with Crippen LogP contribution in [0.15, 0.2) is 66.2 Å². The van der Waals surface area contributed by atoms with Crippen LogP contribution in [0.5, 0.6) is 0 Å². The molecule has 8 heteroatoms. The first kappa shape index (κ1) is 19.3. The molecule has 156 valence electrons. The number of nitrogens with zero attached hydrogens (tertiary/aromatic N) is 6. The molecule has 0 amide bonds. The van der Waals surface area contributed by atoms with Crippen molar-refractivity contribution >= 4 is 16.7 Å². The van der Waals surface area contributed by atoms with Crippen LogP contribution in [-0.4, -0.2) is 37.6 Å². The summed E-state index contributed by atoms with van der Waals surface area (Å²) in [5.74, 6) is 0.915. The van der Waals surface area contributed by atoms with E-state index in [0.29, 0.717) is 23.7 Å². The smallest absolute Gasteiger partial charge is 0.253 e. The lowest BCUT2D eigenvalue weighted by Gasteiger charge is -2.33. The number of hydrogen-bond acceptors (Lipinski definition) is 6. The molecule has 4 aromatic rings. The summed E-state index contributed by atoms with van der Waals surface area (Å²) in [5.41, 5.74) is 2.02. The van der Waals surface area contributed by atoms with Crippen molar-refractivity contribution in [1.29, 1.82) is 0 Å². The van der Waals surface area contributed by atoms with E-state index in [1.54, 1.807) is 35.4 Å². The Balaban J connectivity index is 1.27. The largest absolute Gasteiger partial charge is 0.356 e. The van der Waals surface area contributed by atoms with Crippen molar-refractivity contribution in [2.45, 2.75) is 19.4 Å². The summed E-state index contributed by atoms with van der Waals surface area (Å²) in [6.45, 7) is 2.29. The minimum atomic E-state index is -0.301. The van der Waals surface area contributed by atoms with E-state index in [9.17, 15) is 9.18 Å². The first-order valence-electron chi connectivity index (χ1n) is 10.3. The molecule has 1 fully saturated rings. The minimum Gasteiger partial charge on any atom is -0.356 e. The van der Waals surface area contributed by atoms with Gasteiger partial charge >= 0.3 is 0 Å². The van der Waals surface area contributed by atoms with Gasteiger partial charge in [-0.15, -0.1) is 0 Å². The predicted octanol–water partition coefficient (Wildman–Crippen LogP) is 3.30. The number of aromatic nitrogens is 5. The van der Waals surface area contributed by atoms with Gasteiger partial charge in [-0.2, -0.15) is 0 Å². The molecule has 1 aliphatic rings. The van der Waals surface area contributed by atoms with Gasteiger partial charge in [-0.1, -0.05) is 0 Å². The van der Waals surface area contributed by atoms with Crippen molar-refractivity contribution in [2.24, 2.45) is 5.92 Å². The third-order valence-electron chi connectivity index (χ3n) is 5.78. The second kappa shape index (κ2) is 8.22. The van der Waals surface area contributed by atoms with E-state index in [-0.39, 0.29) is 11.4 Å².